The van der Waals surface area contributed by atoms with Crippen molar-refractivity contribution < 1.29 is 10.4 Å². The fraction of sp³-hybridized carbons (Fsp3) is 0.273. The third-order valence-electron chi connectivity index (χ3n) is 4.82. The quantitative estimate of drug-likeness (QED) is 0.710. The summed E-state index contributed by atoms with van der Waals surface area (Å²) >= 11 is 0. The Balaban J connectivity index is 2.02. The fourth-order valence-corrected chi connectivity index (χ4v) is 3.46. The lowest BCUT2D eigenvalue weighted by molar-refractivity contribution is -0.737. The number of phenolic OH excluding ortho intramolecular Hbond substituents is 1. The molecule has 0 saturated heterocycles. The van der Waals surface area contributed by atoms with Crippen LogP contribution in [0.15, 0.2) is 66.7 Å². The number of quaternary nitrogens is 1. The van der Waals surface area contributed by atoms with E-state index in [0.717, 1.165) is 10.9 Å². The van der Waals surface area contributed by atoms with Crippen LogP contribution < -0.4 is 5.32 Å². The van der Waals surface area contributed by atoms with Crippen LogP contribution in [0.1, 0.15) is 44.0 Å². The standard InChI is InChI=1S/C22H25NO/c1-15(2)22(23-16(3)17-9-5-4-6-10-17)21-19-12-8-7-11-18(19)13-14-20(21)24/h4-16,22-24H,1-3H3/p+1/t16-,22-/m0/s1. The largest absolute Gasteiger partial charge is 0.507 e. The third-order valence-corrected chi connectivity index (χ3v) is 4.82. The molecule has 0 radical (unpaired) electrons. The van der Waals surface area contributed by atoms with E-state index in [1.807, 2.05) is 30.3 Å². The first-order valence-electron chi connectivity index (χ1n) is 8.68. The van der Waals surface area contributed by atoms with Gasteiger partial charge < -0.3 is 10.4 Å². The number of hydrogen-bond donors (Lipinski definition) is 2. The zero-order valence-corrected chi connectivity index (χ0v) is 14.6. The van der Waals surface area contributed by atoms with Gasteiger partial charge in [-0.2, -0.15) is 0 Å². The average molecular weight is 320 g/mol. The van der Waals surface area contributed by atoms with Crippen molar-refractivity contribution in [1.29, 1.82) is 0 Å². The van der Waals surface area contributed by atoms with Crippen molar-refractivity contribution in [3.63, 3.8) is 0 Å². The van der Waals surface area contributed by atoms with Gasteiger partial charge in [0.25, 0.3) is 0 Å². The first-order valence-corrected chi connectivity index (χ1v) is 8.68. The zero-order chi connectivity index (χ0) is 17.1. The van der Waals surface area contributed by atoms with Crippen LogP contribution in [-0.4, -0.2) is 5.11 Å². The average Bonchev–Trinajstić information content (AvgIpc) is 2.60. The van der Waals surface area contributed by atoms with Crippen molar-refractivity contribution >= 4 is 10.8 Å². The molecule has 2 heteroatoms. The monoisotopic (exact) mass is 320 g/mol. The van der Waals surface area contributed by atoms with Crippen LogP contribution in [0, 0.1) is 5.92 Å². The maximum absolute atomic E-state index is 10.6. The van der Waals surface area contributed by atoms with E-state index in [1.54, 1.807) is 0 Å². The van der Waals surface area contributed by atoms with E-state index in [4.69, 9.17) is 0 Å². The molecule has 0 saturated carbocycles. The number of benzene rings is 3. The highest BCUT2D eigenvalue weighted by Gasteiger charge is 2.27. The number of rotatable bonds is 5. The second-order valence-corrected chi connectivity index (χ2v) is 6.88. The molecule has 0 aliphatic rings. The van der Waals surface area contributed by atoms with Crippen LogP contribution in [0.3, 0.4) is 0 Å². The van der Waals surface area contributed by atoms with E-state index in [0.29, 0.717) is 17.7 Å². The van der Waals surface area contributed by atoms with Gasteiger partial charge in [0.15, 0.2) is 0 Å². The van der Waals surface area contributed by atoms with Crippen molar-refractivity contribution in [2.45, 2.75) is 32.9 Å². The number of phenols is 1. The molecular formula is C22H26NO+. The Morgan fingerprint density at radius 3 is 2.17 bits per heavy atom. The smallest absolute Gasteiger partial charge is 0.125 e. The maximum atomic E-state index is 10.6. The predicted octanol–water partition coefficient (Wildman–Crippen LogP) is 4.57. The Kier molecular flexibility index (Phi) is 4.86. The summed E-state index contributed by atoms with van der Waals surface area (Å²) in [6, 6.07) is 23.2. The lowest BCUT2D eigenvalue weighted by atomic mass is 9.89. The van der Waals surface area contributed by atoms with Gasteiger partial charge in [-0.25, -0.2) is 0 Å². The summed E-state index contributed by atoms with van der Waals surface area (Å²) in [7, 11) is 0. The SMILES string of the molecule is CC(C)[C@H]([NH2+][C@@H](C)c1ccccc1)c1c(O)ccc2ccccc12. The normalized spacial score (nSPS) is 14.0. The molecule has 124 valence electrons. The van der Waals surface area contributed by atoms with Gasteiger partial charge in [-0.15, -0.1) is 0 Å². The summed E-state index contributed by atoms with van der Waals surface area (Å²) in [4.78, 5) is 0. The predicted molar refractivity (Wildman–Crippen MR) is 100.0 cm³/mol. The van der Waals surface area contributed by atoms with Gasteiger partial charge in [0.1, 0.15) is 17.8 Å². The van der Waals surface area contributed by atoms with Crippen molar-refractivity contribution in [3.8, 4) is 5.75 Å². The first-order chi connectivity index (χ1) is 11.6. The Bertz CT molecular complexity index is 811. The van der Waals surface area contributed by atoms with Gasteiger partial charge in [0.2, 0.25) is 0 Å². The highest BCUT2D eigenvalue weighted by Crippen LogP contribution is 2.34. The molecule has 2 atom stereocenters. The Morgan fingerprint density at radius 1 is 0.792 bits per heavy atom. The van der Waals surface area contributed by atoms with E-state index in [1.165, 1.54) is 10.9 Å². The van der Waals surface area contributed by atoms with Crippen LogP contribution in [-0.2, 0) is 0 Å². The summed E-state index contributed by atoms with van der Waals surface area (Å²) in [5.74, 6) is 0.803. The minimum absolute atomic E-state index is 0.200. The molecule has 0 heterocycles. The van der Waals surface area contributed by atoms with Gasteiger partial charge in [-0.1, -0.05) is 74.5 Å². The second kappa shape index (κ2) is 7.06. The van der Waals surface area contributed by atoms with Crippen molar-refractivity contribution in [3.05, 3.63) is 77.9 Å². The van der Waals surface area contributed by atoms with Crippen molar-refractivity contribution in [1.82, 2.24) is 0 Å². The second-order valence-electron chi connectivity index (χ2n) is 6.88. The van der Waals surface area contributed by atoms with E-state index >= 15 is 0 Å². The molecule has 2 nitrogen and oxygen atoms in total. The van der Waals surface area contributed by atoms with Gasteiger partial charge in [-0.3, -0.25) is 0 Å². The van der Waals surface area contributed by atoms with E-state index in [2.05, 4.69) is 62.5 Å². The maximum Gasteiger partial charge on any atom is 0.125 e. The molecule has 0 bridgehead atoms. The Morgan fingerprint density at radius 2 is 1.46 bits per heavy atom. The van der Waals surface area contributed by atoms with E-state index in [-0.39, 0.29) is 6.04 Å². The van der Waals surface area contributed by atoms with Crippen LogP contribution in [0.25, 0.3) is 10.8 Å². The highest BCUT2D eigenvalue weighted by atomic mass is 16.3. The first kappa shape index (κ1) is 16.5. The van der Waals surface area contributed by atoms with Crippen molar-refractivity contribution in [2.24, 2.45) is 5.92 Å². The molecule has 3 rings (SSSR count). The molecule has 0 fully saturated rings. The van der Waals surface area contributed by atoms with E-state index in [9.17, 15) is 5.11 Å². The van der Waals surface area contributed by atoms with Gasteiger partial charge in [0, 0.05) is 11.5 Å². The lowest BCUT2D eigenvalue weighted by Crippen LogP contribution is -2.86. The highest BCUT2D eigenvalue weighted by molar-refractivity contribution is 5.88. The molecule has 0 aromatic heterocycles. The zero-order valence-electron chi connectivity index (χ0n) is 14.6. The van der Waals surface area contributed by atoms with Gasteiger partial charge in [0.05, 0.1) is 5.56 Å². The molecule has 0 unspecified atom stereocenters. The summed E-state index contributed by atoms with van der Waals surface area (Å²) in [5.41, 5.74) is 2.36. The number of hydrogen-bond acceptors (Lipinski definition) is 1. The molecule has 3 aromatic carbocycles. The summed E-state index contributed by atoms with van der Waals surface area (Å²) in [6.07, 6.45) is 0. The Labute approximate surface area is 144 Å². The van der Waals surface area contributed by atoms with Crippen molar-refractivity contribution in [2.75, 3.05) is 0 Å². The van der Waals surface area contributed by atoms with Crippen LogP contribution >= 0.6 is 0 Å². The topological polar surface area (TPSA) is 36.8 Å². The molecule has 0 spiro atoms. The molecule has 24 heavy (non-hydrogen) atoms. The van der Waals surface area contributed by atoms with Gasteiger partial charge >= 0.3 is 0 Å². The van der Waals surface area contributed by atoms with E-state index < -0.39 is 0 Å². The minimum atomic E-state index is 0.200. The molecule has 3 aromatic rings. The van der Waals surface area contributed by atoms with Gasteiger partial charge in [-0.05, 0) is 23.8 Å². The summed E-state index contributed by atoms with van der Waals surface area (Å²) < 4.78 is 0. The summed E-state index contributed by atoms with van der Waals surface area (Å²) in [5, 5.41) is 15.3. The number of nitrogens with two attached hydrogens (primary N) is 1. The van der Waals surface area contributed by atoms with Crippen LogP contribution in [0.5, 0.6) is 5.75 Å². The molecular weight excluding hydrogens is 294 g/mol. The molecule has 0 aliphatic heterocycles. The fourth-order valence-electron chi connectivity index (χ4n) is 3.46. The lowest BCUT2D eigenvalue weighted by Gasteiger charge is -2.25. The summed E-state index contributed by atoms with van der Waals surface area (Å²) in [6.45, 7) is 6.67. The third kappa shape index (κ3) is 3.29. The number of aromatic hydroxyl groups is 1. The molecule has 0 aliphatic carbocycles. The minimum Gasteiger partial charge on any atom is -0.507 e. The molecule has 3 N–H and O–H groups in total. The molecule has 0 amide bonds. The Hall–Kier alpha value is -2.32. The van der Waals surface area contributed by atoms with Crippen LogP contribution in [0.4, 0.5) is 0 Å². The van der Waals surface area contributed by atoms with Crippen LogP contribution in [0.2, 0.25) is 0 Å². The number of fused-ring (bicyclic) bond motifs is 1.